The van der Waals surface area contributed by atoms with Crippen LogP contribution in [-0.4, -0.2) is 57.3 Å². The zero-order chi connectivity index (χ0) is 28.3. The number of nitrogens with one attached hydrogen (secondary N) is 1. The molecule has 0 aromatic heterocycles. The first-order valence-electron chi connectivity index (χ1n) is 12.9. The van der Waals surface area contributed by atoms with E-state index in [-0.39, 0.29) is 36.4 Å². The number of fused-ring (bicyclic) bond motifs is 2. The number of rotatable bonds is 8. The van der Waals surface area contributed by atoms with Gasteiger partial charge in [-0.25, -0.2) is 0 Å². The summed E-state index contributed by atoms with van der Waals surface area (Å²) in [4.78, 5) is 51.7. The van der Waals surface area contributed by atoms with Crippen LogP contribution in [0.1, 0.15) is 55.0 Å². The molecule has 0 fully saturated rings. The molecule has 2 aromatic rings. The molecule has 208 valence electrons. The van der Waals surface area contributed by atoms with Crippen molar-refractivity contribution in [2.45, 2.75) is 68.9 Å². The first-order chi connectivity index (χ1) is 18.5. The minimum atomic E-state index is -1.04. The van der Waals surface area contributed by atoms with E-state index in [1.165, 1.54) is 41.5 Å². The number of methoxy groups -OCH3 is 1. The van der Waals surface area contributed by atoms with Crippen molar-refractivity contribution >= 4 is 35.2 Å². The Kier molecular flexibility index (Phi) is 8.60. The maximum Gasteiger partial charge on any atom is 0.315 e. The Morgan fingerprint density at radius 3 is 2.67 bits per heavy atom. The SMILES string of the molecule is COC(=O)CSC(C)(C)[C@H](N)C(=O)N1Cc2cc([N+](=O)[O-])ccc2C[C@H]1C(=O)N[C@@H]1CCCc2ccccc21. The smallest absolute Gasteiger partial charge is 0.315 e. The van der Waals surface area contributed by atoms with E-state index in [0.29, 0.717) is 5.56 Å². The summed E-state index contributed by atoms with van der Waals surface area (Å²) in [6, 6.07) is 10.5. The fourth-order valence-electron chi connectivity index (χ4n) is 5.19. The van der Waals surface area contributed by atoms with Crippen LogP contribution in [0.2, 0.25) is 0 Å². The van der Waals surface area contributed by atoms with Crippen molar-refractivity contribution in [2.24, 2.45) is 5.73 Å². The largest absolute Gasteiger partial charge is 0.468 e. The van der Waals surface area contributed by atoms with E-state index in [1.807, 2.05) is 18.2 Å². The summed E-state index contributed by atoms with van der Waals surface area (Å²) in [5.74, 6) is -1.17. The molecule has 3 N–H and O–H groups in total. The normalized spacial score (nSPS) is 19.3. The minimum Gasteiger partial charge on any atom is -0.468 e. The second kappa shape index (κ2) is 11.7. The van der Waals surface area contributed by atoms with Crippen LogP contribution in [0.4, 0.5) is 5.69 Å². The average Bonchev–Trinajstić information content (AvgIpc) is 2.94. The predicted octanol–water partition coefficient (Wildman–Crippen LogP) is 3.05. The molecule has 1 heterocycles. The fourth-order valence-corrected chi connectivity index (χ4v) is 6.08. The van der Waals surface area contributed by atoms with Crippen molar-refractivity contribution in [3.8, 4) is 0 Å². The number of ether oxygens (including phenoxy) is 1. The predicted molar refractivity (Wildman–Crippen MR) is 148 cm³/mol. The maximum absolute atomic E-state index is 13.9. The summed E-state index contributed by atoms with van der Waals surface area (Å²) in [5, 5.41) is 14.6. The molecule has 0 spiro atoms. The van der Waals surface area contributed by atoms with Crippen molar-refractivity contribution < 1.29 is 24.0 Å². The summed E-state index contributed by atoms with van der Waals surface area (Å²) in [7, 11) is 1.29. The Balaban J connectivity index is 1.62. The van der Waals surface area contributed by atoms with Crippen LogP contribution in [0.15, 0.2) is 42.5 Å². The highest BCUT2D eigenvalue weighted by Crippen LogP contribution is 2.34. The standard InChI is InChI=1S/C28H34N4O6S/c1-28(2,39-16-24(33)38-3)25(29)27(35)31-15-19-13-20(32(36)37)12-11-18(19)14-23(31)26(34)30-22-10-6-8-17-7-4-5-9-21(17)22/h4-5,7,9,11-13,22-23,25H,6,8,10,14-16,29H2,1-3H3,(H,30,34)/t22-,23+,25-/m1/s1. The zero-order valence-corrected chi connectivity index (χ0v) is 23.2. The number of aryl methyl sites for hydroxylation is 1. The van der Waals surface area contributed by atoms with Gasteiger partial charge in [0, 0.05) is 29.8 Å². The molecular weight excluding hydrogens is 520 g/mol. The van der Waals surface area contributed by atoms with Crippen LogP contribution in [-0.2, 0) is 38.5 Å². The first kappa shape index (κ1) is 28.6. The number of nitro benzene ring substituents is 1. The fraction of sp³-hybridized carbons (Fsp3) is 0.464. The molecule has 11 heteroatoms. The van der Waals surface area contributed by atoms with Crippen molar-refractivity contribution in [3.05, 3.63) is 74.8 Å². The number of amides is 2. The number of carbonyl (C=O) groups is 3. The molecule has 0 saturated heterocycles. The highest BCUT2D eigenvalue weighted by atomic mass is 32.2. The van der Waals surface area contributed by atoms with Gasteiger partial charge in [-0.15, -0.1) is 11.8 Å². The van der Waals surface area contributed by atoms with Gasteiger partial charge in [0.15, 0.2) is 0 Å². The lowest BCUT2D eigenvalue weighted by atomic mass is 9.87. The second-order valence-corrected chi connectivity index (χ2v) is 12.1. The van der Waals surface area contributed by atoms with Gasteiger partial charge in [-0.2, -0.15) is 0 Å². The number of nitrogens with zero attached hydrogens (tertiary/aromatic N) is 2. The van der Waals surface area contributed by atoms with E-state index in [9.17, 15) is 24.5 Å². The number of non-ortho nitro benzene ring substituents is 1. The molecule has 2 aromatic carbocycles. The van der Waals surface area contributed by atoms with Crippen molar-refractivity contribution in [1.82, 2.24) is 10.2 Å². The van der Waals surface area contributed by atoms with E-state index in [0.717, 1.165) is 30.4 Å². The van der Waals surface area contributed by atoms with Gasteiger partial charge in [-0.1, -0.05) is 30.3 Å². The molecule has 3 atom stereocenters. The number of nitrogens with two attached hydrogens (primary N) is 1. The summed E-state index contributed by atoms with van der Waals surface area (Å²) in [5.41, 5.74) is 10.0. The van der Waals surface area contributed by atoms with E-state index >= 15 is 0 Å². The highest BCUT2D eigenvalue weighted by molar-refractivity contribution is 8.01. The van der Waals surface area contributed by atoms with Crippen LogP contribution in [0.3, 0.4) is 0 Å². The van der Waals surface area contributed by atoms with Crippen LogP contribution in [0.25, 0.3) is 0 Å². The molecule has 0 bridgehead atoms. The van der Waals surface area contributed by atoms with Gasteiger partial charge in [-0.3, -0.25) is 24.5 Å². The molecular formula is C28H34N4O6S. The number of carbonyl (C=O) groups excluding carboxylic acids is 3. The van der Waals surface area contributed by atoms with E-state index in [4.69, 9.17) is 10.5 Å². The topological polar surface area (TPSA) is 145 Å². The Hall–Kier alpha value is -3.44. The van der Waals surface area contributed by atoms with Gasteiger partial charge in [0.25, 0.3) is 5.69 Å². The summed E-state index contributed by atoms with van der Waals surface area (Å²) >= 11 is 1.20. The maximum atomic E-state index is 13.9. The van der Waals surface area contributed by atoms with Crippen LogP contribution < -0.4 is 11.1 Å². The zero-order valence-electron chi connectivity index (χ0n) is 22.3. The van der Waals surface area contributed by atoms with Gasteiger partial charge < -0.3 is 20.7 Å². The molecule has 39 heavy (non-hydrogen) atoms. The minimum absolute atomic E-state index is 0.0145. The summed E-state index contributed by atoms with van der Waals surface area (Å²) < 4.78 is 3.86. The van der Waals surface area contributed by atoms with Crippen LogP contribution in [0.5, 0.6) is 0 Å². The van der Waals surface area contributed by atoms with E-state index in [1.54, 1.807) is 19.9 Å². The van der Waals surface area contributed by atoms with Crippen molar-refractivity contribution in [1.29, 1.82) is 0 Å². The third-order valence-corrected chi connectivity index (χ3v) is 8.99. The lowest BCUT2D eigenvalue weighted by molar-refractivity contribution is -0.385. The number of benzene rings is 2. The first-order valence-corrected chi connectivity index (χ1v) is 13.9. The molecule has 2 amide bonds. The number of hydrogen-bond acceptors (Lipinski definition) is 8. The highest BCUT2D eigenvalue weighted by Gasteiger charge is 2.42. The molecule has 10 nitrogen and oxygen atoms in total. The van der Waals surface area contributed by atoms with Gasteiger partial charge in [-0.05, 0) is 55.4 Å². The lowest BCUT2D eigenvalue weighted by Gasteiger charge is -2.41. The van der Waals surface area contributed by atoms with E-state index < -0.39 is 33.6 Å². The molecule has 0 radical (unpaired) electrons. The second-order valence-electron chi connectivity index (χ2n) is 10.5. The molecule has 0 unspecified atom stereocenters. The Bertz CT molecular complexity index is 1280. The number of esters is 1. The number of thioether (sulfide) groups is 1. The summed E-state index contributed by atoms with van der Waals surface area (Å²) in [6.07, 6.45) is 2.90. The molecule has 1 aliphatic carbocycles. The van der Waals surface area contributed by atoms with Crippen molar-refractivity contribution in [2.75, 3.05) is 12.9 Å². The molecule has 0 saturated carbocycles. The lowest BCUT2D eigenvalue weighted by Crippen LogP contribution is -2.60. The summed E-state index contributed by atoms with van der Waals surface area (Å²) in [6.45, 7) is 3.54. The van der Waals surface area contributed by atoms with Crippen LogP contribution in [0, 0.1) is 10.1 Å². The quantitative estimate of drug-likeness (QED) is 0.288. The van der Waals surface area contributed by atoms with Crippen molar-refractivity contribution in [3.63, 3.8) is 0 Å². The van der Waals surface area contributed by atoms with Gasteiger partial charge >= 0.3 is 5.97 Å². The molecule has 1 aliphatic heterocycles. The average molecular weight is 555 g/mol. The molecule has 4 rings (SSSR count). The number of nitro groups is 1. The number of hydrogen-bond donors (Lipinski definition) is 2. The van der Waals surface area contributed by atoms with Crippen LogP contribution >= 0.6 is 11.8 Å². The molecule has 2 aliphatic rings. The monoisotopic (exact) mass is 554 g/mol. The van der Waals surface area contributed by atoms with E-state index in [2.05, 4.69) is 11.4 Å². The van der Waals surface area contributed by atoms with Gasteiger partial charge in [0.2, 0.25) is 11.8 Å². The van der Waals surface area contributed by atoms with Gasteiger partial charge in [0.05, 0.1) is 29.9 Å². The third-order valence-electron chi connectivity index (χ3n) is 7.61. The Morgan fingerprint density at radius 2 is 1.95 bits per heavy atom. The Labute approximate surface area is 231 Å². The third kappa shape index (κ3) is 6.25. The van der Waals surface area contributed by atoms with Gasteiger partial charge in [0.1, 0.15) is 6.04 Å². The Morgan fingerprint density at radius 1 is 1.21 bits per heavy atom.